The molecule has 3 N–H and O–H groups in total. The molecule has 0 fully saturated rings. The summed E-state index contributed by atoms with van der Waals surface area (Å²) in [7, 11) is 2.49. The lowest BCUT2D eigenvalue weighted by Crippen LogP contribution is -2.41. The fourth-order valence-corrected chi connectivity index (χ4v) is 2.06. The van der Waals surface area contributed by atoms with Crippen molar-refractivity contribution in [2.75, 3.05) is 14.2 Å². The SMILES string of the molecule is COC(=O)CCCC[C@@H](NC(=O)c1cccc(O)c1O)C(=O)OC. The van der Waals surface area contributed by atoms with Crippen LogP contribution >= 0.6 is 0 Å². The van der Waals surface area contributed by atoms with Crippen LogP contribution in [0.15, 0.2) is 18.2 Å². The van der Waals surface area contributed by atoms with Gasteiger partial charge in [-0.25, -0.2) is 4.79 Å². The standard InChI is InChI=1S/C16H21NO7/c1-23-13(19)9-4-3-7-11(16(22)24-2)17-15(21)10-6-5-8-12(18)14(10)20/h5-6,8,11,18,20H,3-4,7,9H2,1-2H3,(H,17,21)/t11-/m1/s1. The number of benzene rings is 1. The Bertz CT molecular complexity index is 600. The molecule has 1 rings (SSSR count). The van der Waals surface area contributed by atoms with Crippen LogP contribution < -0.4 is 5.32 Å². The van der Waals surface area contributed by atoms with Gasteiger partial charge in [0.2, 0.25) is 0 Å². The van der Waals surface area contributed by atoms with Crippen LogP contribution in [-0.2, 0) is 19.1 Å². The molecule has 1 amide bonds. The van der Waals surface area contributed by atoms with Gasteiger partial charge in [-0.1, -0.05) is 12.5 Å². The number of rotatable bonds is 8. The largest absolute Gasteiger partial charge is 0.504 e. The molecule has 0 saturated heterocycles. The van der Waals surface area contributed by atoms with Gasteiger partial charge in [-0.3, -0.25) is 9.59 Å². The molecule has 24 heavy (non-hydrogen) atoms. The molecule has 8 nitrogen and oxygen atoms in total. The number of unbranched alkanes of at least 4 members (excludes halogenated alkanes) is 1. The quantitative estimate of drug-likeness (QED) is 0.368. The summed E-state index contributed by atoms with van der Waals surface area (Å²) >= 11 is 0. The summed E-state index contributed by atoms with van der Waals surface area (Å²) in [5.74, 6) is -2.70. The molecule has 0 unspecified atom stereocenters. The van der Waals surface area contributed by atoms with E-state index >= 15 is 0 Å². The summed E-state index contributed by atoms with van der Waals surface area (Å²) < 4.78 is 9.17. The van der Waals surface area contributed by atoms with Crippen LogP contribution in [0.3, 0.4) is 0 Å². The molecule has 1 aromatic rings. The molecule has 1 aromatic carbocycles. The predicted molar refractivity (Wildman–Crippen MR) is 83.5 cm³/mol. The van der Waals surface area contributed by atoms with Gasteiger partial charge in [0.15, 0.2) is 11.5 Å². The molecule has 0 aliphatic carbocycles. The zero-order valence-electron chi connectivity index (χ0n) is 13.6. The molecule has 0 spiro atoms. The number of carbonyl (C=O) groups is 3. The molecular formula is C16H21NO7. The number of ether oxygens (including phenoxy) is 2. The lowest BCUT2D eigenvalue weighted by atomic mass is 10.1. The van der Waals surface area contributed by atoms with E-state index in [0.717, 1.165) is 0 Å². The Morgan fingerprint density at radius 2 is 1.83 bits per heavy atom. The van der Waals surface area contributed by atoms with Crippen molar-refractivity contribution >= 4 is 17.8 Å². The number of aromatic hydroxyl groups is 2. The van der Waals surface area contributed by atoms with Gasteiger partial charge in [-0.05, 0) is 25.0 Å². The maximum absolute atomic E-state index is 12.2. The van der Waals surface area contributed by atoms with E-state index in [1.165, 1.54) is 32.4 Å². The first-order valence-corrected chi connectivity index (χ1v) is 7.37. The molecule has 0 aliphatic heterocycles. The van der Waals surface area contributed by atoms with Gasteiger partial charge in [-0.15, -0.1) is 0 Å². The van der Waals surface area contributed by atoms with Crippen molar-refractivity contribution in [3.63, 3.8) is 0 Å². The summed E-state index contributed by atoms with van der Waals surface area (Å²) in [6.07, 6.45) is 1.45. The second-order valence-electron chi connectivity index (χ2n) is 5.04. The van der Waals surface area contributed by atoms with Crippen LogP contribution in [0.4, 0.5) is 0 Å². The molecule has 0 heterocycles. The first-order chi connectivity index (χ1) is 11.4. The monoisotopic (exact) mass is 339 g/mol. The van der Waals surface area contributed by atoms with Crippen LogP contribution in [0.25, 0.3) is 0 Å². The van der Waals surface area contributed by atoms with Crippen molar-refractivity contribution in [2.45, 2.75) is 31.7 Å². The first kappa shape index (κ1) is 19.3. The number of para-hydroxylation sites is 1. The average molecular weight is 339 g/mol. The second kappa shape index (κ2) is 9.39. The minimum Gasteiger partial charge on any atom is -0.504 e. The molecule has 0 radical (unpaired) electrons. The van der Waals surface area contributed by atoms with Crippen molar-refractivity contribution in [1.82, 2.24) is 5.32 Å². The Morgan fingerprint density at radius 3 is 2.46 bits per heavy atom. The van der Waals surface area contributed by atoms with Crippen LogP contribution in [-0.4, -0.2) is 48.3 Å². The second-order valence-corrected chi connectivity index (χ2v) is 5.04. The third kappa shape index (κ3) is 5.45. The van der Waals surface area contributed by atoms with E-state index in [1.807, 2.05) is 0 Å². The lowest BCUT2D eigenvalue weighted by Gasteiger charge is -2.17. The third-order valence-electron chi connectivity index (χ3n) is 3.40. The Kier molecular flexibility index (Phi) is 7.54. The maximum atomic E-state index is 12.2. The summed E-state index contributed by atoms with van der Waals surface area (Å²) in [5.41, 5.74) is -0.154. The molecule has 8 heteroatoms. The number of methoxy groups -OCH3 is 2. The van der Waals surface area contributed by atoms with Gasteiger partial charge < -0.3 is 25.0 Å². The minimum atomic E-state index is -0.929. The van der Waals surface area contributed by atoms with Crippen molar-refractivity contribution in [1.29, 1.82) is 0 Å². The lowest BCUT2D eigenvalue weighted by molar-refractivity contribution is -0.143. The van der Waals surface area contributed by atoms with Crippen LogP contribution in [0.1, 0.15) is 36.0 Å². The smallest absolute Gasteiger partial charge is 0.328 e. The van der Waals surface area contributed by atoms with E-state index in [-0.39, 0.29) is 24.4 Å². The molecule has 0 aromatic heterocycles. The minimum absolute atomic E-state index is 0.154. The number of phenols is 2. The zero-order valence-corrected chi connectivity index (χ0v) is 13.6. The summed E-state index contributed by atoms with van der Waals surface area (Å²) in [6.45, 7) is 0. The summed E-state index contributed by atoms with van der Waals surface area (Å²) in [4.78, 5) is 35.0. The van der Waals surface area contributed by atoms with Gasteiger partial charge in [0.1, 0.15) is 6.04 Å². The molecule has 0 saturated carbocycles. The van der Waals surface area contributed by atoms with Crippen molar-refractivity contribution in [3.05, 3.63) is 23.8 Å². The van der Waals surface area contributed by atoms with Crippen LogP contribution in [0.5, 0.6) is 11.5 Å². The first-order valence-electron chi connectivity index (χ1n) is 7.37. The van der Waals surface area contributed by atoms with E-state index < -0.39 is 29.4 Å². The fraction of sp³-hybridized carbons (Fsp3) is 0.438. The molecule has 0 aliphatic rings. The fourth-order valence-electron chi connectivity index (χ4n) is 2.06. The van der Waals surface area contributed by atoms with Gasteiger partial charge >= 0.3 is 11.9 Å². The topological polar surface area (TPSA) is 122 Å². The highest BCUT2D eigenvalue weighted by Crippen LogP contribution is 2.28. The van der Waals surface area contributed by atoms with Crippen LogP contribution in [0, 0.1) is 0 Å². The van der Waals surface area contributed by atoms with E-state index in [9.17, 15) is 24.6 Å². The van der Waals surface area contributed by atoms with Gasteiger partial charge in [0.25, 0.3) is 5.91 Å². The van der Waals surface area contributed by atoms with Crippen molar-refractivity contribution in [3.8, 4) is 11.5 Å². The number of hydrogen-bond acceptors (Lipinski definition) is 7. The van der Waals surface area contributed by atoms with E-state index in [4.69, 9.17) is 0 Å². The molecule has 0 bridgehead atoms. The number of esters is 2. The zero-order chi connectivity index (χ0) is 18.1. The van der Waals surface area contributed by atoms with E-state index in [2.05, 4.69) is 14.8 Å². The molecule has 1 atom stereocenters. The summed E-state index contributed by atoms with van der Waals surface area (Å²) in [5, 5.41) is 21.6. The van der Waals surface area contributed by atoms with Crippen molar-refractivity contribution < 1.29 is 34.1 Å². The van der Waals surface area contributed by atoms with Crippen LogP contribution in [0.2, 0.25) is 0 Å². The van der Waals surface area contributed by atoms with Gasteiger partial charge in [0, 0.05) is 6.42 Å². The van der Waals surface area contributed by atoms with E-state index in [0.29, 0.717) is 12.8 Å². The number of nitrogens with one attached hydrogen (secondary N) is 1. The third-order valence-corrected chi connectivity index (χ3v) is 3.40. The molecular weight excluding hydrogens is 318 g/mol. The Balaban J connectivity index is 2.68. The van der Waals surface area contributed by atoms with Crippen molar-refractivity contribution in [2.24, 2.45) is 0 Å². The highest BCUT2D eigenvalue weighted by molar-refractivity contribution is 5.99. The number of phenolic OH excluding ortho intramolecular Hbond substituents is 2. The highest BCUT2D eigenvalue weighted by atomic mass is 16.5. The highest BCUT2D eigenvalue weighted by Gasteiger charge is 2.23. The molecule has 132 valence electrons. The number of amides is 1. The Labute approximate surface area is 139 Å². The maximum Gasteiger partial charge on any atom is 0.328 e. The Morgan fingerprint density at radius 1 is 1.12 bits per heavy atom. The van der Waals surface area contributed by atoms with Gasteiger partial charge in [-0.2, -0.15) is 0 Å². The van der Waals surface area contributed by atoms with E-state index in [1.54, 1.807) is 0 Å². The normalized spacial score (nSPS) is 11.4. The van der Waals surface area contributed by atoms with Gasteiger partial charge in [0.05, 0.1) is 19.8 Å². The Hall–Kier alpha value is -2.77. The number of hydrogen-bond donors (Lipinski definition) is 3. The summed E-state index contributed by atoms with van der Waals surface area (Å²) in [6, 6.07) is 3.02. The predicted octanol–water partition coefficient (Wildman–Crippen LogP) is 1.10. The average Bonchev–Trinajstić information content (AvgIpc) is 2.58. The number of carbonyl (C=O) groups excluding carboxylic acids is 3.